The second kappa shape index (κ2) is 5.01. The molecule has 0 spiro atoms. The number of amides is 1. The van der Waals surface area contributed by atoms with E-state index in [-0.39, 0.29) is 16.8 Å². The van der Waals surface area contributed by atoms with E-state index >= 15 is 0 Å². The van der Waals surface area contributed by atoms with Crippen molar-refractivity contribution in [2.45, 2.75) is 26.9 Å². The molecule has 0 saturated carbocycles. The number of aromatic nitrogens is 3. The zero-order valence-electron chi connectivity index (χ0n) is 10.5. The van der Waals surface area contributed by atoms with Gasteiger partial charge in [0, 0.05) is 13.1 Å². The molecule has 0 aromatic carbocycles. The second-order valence-corrected chi connectivity index (χ2v) is 5.30. The van der Waals surface area contributed by atoms with Gasteiger partial charge >= 0.3 is 0 Å². The number of carbonyl (C=O) groups is 1. The predicted octanol–water partition coefficient (Wildman–Crippen LogP) is 0.179. The third kappa shape index (κ3) is 2.35. The molecule has 1 aromatic heterocycles. The first-order valence-corrected chi connectivity index (χ1v) is 6.36. The third-order valence-corrected chi connectivity index (χ3v) is 3.44. The van der Waals surface area contributed by atoms with E-state index in [1.165, 1.54) is 0 Å². The number of fused-ring (bicyclic) bond motifs is 1. The van der Waals surface area contributed by atoms with Gasteiger partial charge in [-0.25, -0.2) is 0 Å². The van der Waals surface area contributed by atoms with E-state index in [2.05, 4.69) is 10.2 Å². The lowest BCUT2D eigenvalue weighted by Crippen LogP contribution is -2.46. The van der Waals surface area contributed by atoms with Crippen LogP contribution in [0.2, 0.25) is 0 Å². The van der Waals surface area contributed by atoms with Gasteiger partial charge in [-0.1, -0.05) is 26.1 Å². The molecule has 2 rings (SSSR count). The largest absolute Gasteiger partial charge is 0.393 e. The Morgan fingerprint density at radius 3 is 2.83 bits per heavy atom. The maximum Gasteiger partial charge on any atom is 0.233 e. The van der Waals surface area contributed by atoms with E-state index in [1.54, 1.807) is 11.2 Å². The smallest absolute Gasteiger partial charge is 0.233 e. The standard InChI is InChI=1S/C11H17N5OS/c1-7(2)9(10(12)18)11(17)15-3-4-16-6-13-14-8(16)5-15/h6-7,9H,3-5H2,1-2H3,(H2,12,18). The molecular formula is C11H17N5OS. The van der Waals surface area contributed by atoms with Crippen LogP contribution in [0.4, 0.5) is 0 Å². The molecular weight excluding hydrogens is 250 g/mol. The van der Waals surface area contributed by atoms with Crippen molar-refractivity contribution in [2.24, 2.45) is 17.6 Å². The van der Waals surface area contributed by atoms with Crippen LogP contribution < -0.4 is 5.73 Å². The molecule has 1 amide bonds. The second-order valence-electron chi connectivity index (χ2n) is 4.82. The van der Waals surface area contributed by atoms with Crippen LogP contribution in [-0.4, -0.2) is 37.1 Å². The number of thiocarbonyl (C=S) groups is 1. The first-order valence-electron chi connectivity index (χ1n) is 5.95. The van der Waals surface area contributed by atoms with Crippen LogP contribution in [0.15, 0.2) is 6.33 Å². The lowest BCUT2D eigenvalue weighted by Gasteiger charge is -2.31. The summed E-state index contributed by atoms with van der Waals surface area (Å²) in [6, 6.07) is 0. The van der Waals surface area contributed by atoms with Crippen LogP contribution in [-0.2, 0) is 17.9 Å². The van der Waals surface area contributed by atoms with Crippen molar-refractivity contribution < 1.29 is 4.79 Å². The van der Waals surface area contributed by atoms with E-state index in [0.29, 0.717) is 13.1 Å². The lowest BCUT2D eigenvalue weighted by atomic mass is 9.94. The van der Waals surface area contributed by atoms with Crippen LogP contribution in [0.5, 0.6) is 0 Å². The summed E-state index contributed by atoms with van der Waals surface area (Å²) < 4.78 is 1.95. The topological polar surface area (TPSA) is 77.0 Å². The number of hydrogen-bond donors (Lipinski definition) is 1. The number of carbonyl (C=O) groups excluding carboxylic acids is 1. The van der Waals surface area contributed by atoms with Gasteiger partial charge in [0.25, 0.3) is 0 Å². The van der Waals surface area contributed by atoms with Crippen molar-refractivity contribution in [3.8, 4) is 0 Å². The average Bonchev–Trinajstić information content (AvgIpc) is 2.74. The summed E-state index contributed by atoms with van der Waals surface area (Å²) in [5.41, 5.74) is 5.67. The fourth-order valence-corrected chi connectivity index (χ4v) is 2.56. The Bertz CT molecular complexity index is 470. The number of hydrogen-bond acceptors (Lipinski definition) is 4. The van der Waals surface area contributed by atoms with Gasteiger partial charge in [-0.3, -0.25) is 4.79 Å². The summed E-state index contributed by atoms with van der Waals surface area (Å²) in [7, 11) is 0. The first-order chi connectivity index (χ1) is 8.50. The summed E-state index contributed by atoms with van der Waals surface area (Å²) in [6.45, 7) is 5.75. The highest BCUT2D eigenvalue weighted by atomic mass is 32.1. The molecule has 1 aromatic rings. The van der Waals surface area contributed by atoms with Gasteiger partial charge in [-0.2, -0.15) is 0 Å². The summed E-state index contributed by atoms with van der Waals surface area (Å²) in [5.74, 6) is 0.510. The molecule has 98 valence electrons. The molecule has 0 aliphatic carbocycles. The summed E-state index contributed by atoms with van der Waals surface area (Å²) in [6.07, 6.45) is 1.69. The zero-order valence-corrected chi connectivity index (χ0v) is 11.4. The van der Waals surface area contributed by atoms with Gasteiger partial charge in [0.05, 0.1) is 17.5 Å². The van der Waals surface area contributed by atoms with Gasteiger partial charge < -0.3 is 15.2 Å². The van der Waals surface area contributed by atoms with E-state index in [9.17, 15) is 4.79 Å². The van der Waals surface area contributed by atoms with Crippen LogP contribution >= 0.6 is 12.2 Å². The van der Waals surface area contributed by atoms with E-state index in [0.717, 1.165) is 12.4 Å². The molecule has 0 radical (unpaired) electrons. The maximum atomic E-state index is 12.4. The monoisotopic (exact) mass is 267 g/mol. The predicted molar refractivity (Wildman–Crippen MR) is 70.6 cm³/mol. The van der Waals surface area contributed by atoms with Crippen LogP contribution in [0.1, 0.15) is 19.7 Å². The zero-order chi connectivity index (χ0) is 13.3. The number of rotatable bonds is 3. The van der Waals surface area contributed by atoms with E-state index in [1.807, 2.05) is 18.4 Å². The van der Waals surface area contributed by atoms with Gasteiger partial charge in [0.15, 0.2) is 5.82 Å². The Balaban J connectivity index is 2.13. The molecule has 0 bridgehead atoms. The summed E-state index contributed by atoms with van der Waals surface area (Å²) >= 11 is 5.00. The minimum Gasteiger partial charge on any atom is -0.393 e. The van der Waals surface area contributed by atoms with Crippen molar-refractivity contribution in [1.29, 1.82) is 0 Å². The Hall–Kier alpha value is -1.50. The third-order valence-electron chi connectivity index (χ3n) is 3.19. The fraction of sp³-hybridized carbons (Fsp3) is 0.636. The number of nitrogens with two attached hydrogens (primary N) is 1. The van der Waals surface area contributed by atoms with E-state index in [4.69, 9.17) is 18.0 Å². The van der Waals surface area contributed by atoms with Gasteiger partial charge in [0.2, 0.25) is 5.91 Å². The fourth-order valence-electron chi connectivity index (χ4n) is 2.19. The maximum absolute atomic E-state index is 12.4. The van der Waals surface area contributed by atoms with Crippen molar-refractivity contribution in [2.75, 3.05) is 6.54 Å². The molecule has 0 saturated heterocycles. The molecule has 6 nitrogen and oxygen atoms in total. The Morgan fingerprint density at radius 2 is 2.22 bits per heavy atom. The van der Waals surface area contributed by atoms with Crippen LogP contribution in [0.25, 0.3) is 0 Å². The lowest BCUT2D eigenvalue weighted by molar-refractivity contribution is -0.136. The van der Waals surface area contributed by atoms with Gasteiger partial charge in [-0.15, -0.1) is 10.2 Å². The van der Waals surface area contributed by atoms with Crippen LogP contribution in [0.3, 0.4) is 0 Å². The molecule has 2 N–H and O–H groups in total. The number of nitrogens with zero attached hydrogens (tertiary/aromatic N) is 4. The molecule has 1 unspecified atom stereocenters. The molecule has 2 heterocycles. The van der Waals surface area contributed by atoms with Crippen molar-refractivity contribution in [1.82, 2.24) is 19.7 Å². The highest BCUT2D eigenvalue weighted by Gasteiger charge is 2.31. The minimum absolute atomic E-state index is 0.00764. The Labute approximate surface area is 111 Å². The van der Waals surface area contributed by atoms with Crippen molar-refractivity contribution in [3.63, 3.8) is 0 Å². The Kier molecular flexibility index (Phi) is 3.60. The highest BCUT2D eigenvalue weighted by Crippen LogP contribution is 2.18. The Morgan fingerprint density at radius 1 is 1.50 bits per heavy atom. The van der Waals surface area contributed by atoms with Crippen molar-refractivity contribution >= 4 is 23.1 Å². The first kappa shape index (κ1) is 12.9. The van der Waals surface area contributed by atoms with Gasteiger partial charge in [0.1, 0.15) is 6.33 Å². The summed E-state index contributed by atoms with van der Waals surface area (Å²) in [5, 5.41) is 7.83. The van der Waals surface area contributed by atoms with Crippen molar-refractivity contribution in [3.05, 3.63) is 12.2 Å². The quantitative estimate of drug-likeness (QED) is 0.790. The normalized spacial score (nSPS) is 16.5. The van der Waals surface area contributed by atoms with Gasteiger partial charge in [-0.05, 0) is 5.92 Å². The minimum atomic E-state index is -0.394. The SMILES string of the molecule is CC(C)C(C(=O)N1CCn2cnnc2C1)C(N)=S. The molecule has 1 aliphatic heterocycles. The molecule has 1 aliphatic rings. The summed E-state index contributed by atoms with van der Waals surface area (Å²) in [4.78, 5) is 14.4. The molecule has 7 heteroatoms. The van der Waals surface area contributed by atoms with E-state index < -0.39 is 5.92 Å². The highest BCUT2D eigenvalue weighted by molar-refractivity contribution is 7.80. The average molecular weight is 267 g/mol. The van der Waals surface area contributed by atoms with Crippen LogP contribution in [0, 0.1) is 11.8 Å². The molecule has 1 atom stereocenters. The molecule has 0 fully saturated rings. The molecule has 18 heavy (non-hydrogen) atoms.